The Bertz CT molecular complexity index is 640. The van der Waals surface area contributed by atoms with Crippen LogP contribution < -0.4 is 4.74 Å². The van der Waals surface area contributed by atoms with Gasteiger partial charge in [0.25, 0.3) is 0 Å². The molecule has 0 atom stereocenters. The van der Waals surface area contributed by atoms with Gasteiger partial charge in [-0.25, -0.2) is 4.68 Å². The molecule has 6 heteroatoms. The number of methoxy groups -OCH3 is 1. The lowest BCUT2D eigenvalue weighted by Crippen LogP contribution is -2.32. The van der Waals surface area contributed by atoms with Crippen LogP contribution in [0.4, 0.5) is 0 Å². The van der Waals surface area contributed by atoms with Gasteiger partial charge >= 0.3 is 0 Å². The zero-order chi connectivity index (χ0) is 14.7. The molecule has 1 aliphatic rings. The largest absolute Gasteiger partial charge is 0.497 e. The number of piperidine rings is 1. The average Bonchev–Trinajstić information content (AvgIpc) is 2.89. The number of aromatic nitrogens is 3. The molecule has 0 spiro atoms. The third kappa shape index (κ3) is 3.33. The molecule has 0 unspecified atom stereocenters. The molecule has 5 nitrogen and oxygen atoms in total. The molecule has 112 valence electrons. The van der Waals surface area contributed by atoms with Crippen molar-refractivity contribution in [1.82, 2.24) is 19.7 Å². The van der Waals surface area contributed by atoms with E-state index in [1.54, 1.807) is 7.11 Å². The number of likely N-dealkylation sites (tertiary alicyclic amines) is 1. The predicted molar refractivity (Wildman–Crippen MR) is 84.8 cm³/mol. The lowest BCUT2D eigenvalue weighted by Gasteiger charge is -2.26. The van der Waals surface area contributed by atoms with Gasteiger partial charge < -0.3 is 4.74 Å². The molecule has 0 radical (unpaired) electrons. The summed E-state index contributed by atoms with van der Waals surface area (Å²) in [6.07, 6.45) is 3.88. The van der Waals surface area contributed by atoms with Crippen molar-refractivity contribution in [3.05, 3.63) is 29.0 Å². The summed E-state index contributed by atoms with van der Waals surface area (Å²) >= 11 is 5.36. The molecule has 1 fully saturated rings. The second-order valence-corrected chi connectivity index (χ2v) is 5.70. The van der Waals surface area contributed by atoms with Crippen LogP contribution in [0.25, 0.3) is 11.4 Å². The van der Waals surface area contributed by atoms with Gasteiger partial charge in [-0.15, -0.1) is 0 Å². The minimum atomic E-state index is 0.603. The molecular weight excluding hydrogens is 284 g/mol. The minimum Gasteiger partial charge on any atom is -0.497 e. The Morgan fingerprint density at radius 1 is 1.19 bits per heavy atom. The van der Waals surface area contributed by atoms with Crippen LogP contribution in [0.2, 0.25) is 0 Å². The number of nitrogens with one attached hydrogen (secondary N) is 1. The SMILES string of the molecule is COc1ccc(-c2nc(=S)n(CN3CCCCC3)[nH]2)cc1. The van der Waals surface area contributed by atoms with Gasteiger partial charge in [-0.1, -0.05) is 6.42 Å². The zero-order valence-corrected chi connectivity index (χ0v) is 13.0. The highest BCUT2D eigenvalue weighted by Gasteiger charge is 2.12. The monoisotopic (exact) mass is 304 g/mol. The lowest BCUT2D eigenvalue weighted by molar-refractivity contribution is 0.172. The van der Waals surface area contributed by atoms with Crippen molar-refractivity contribution in [3.63, 3.8) is 0 Å². The lowest BCUT2D eigenvalue weighted by atomic mass is 10.1. The van der Waals surface area contributed by atoms with Gasteiger partial charge in [0, 0.05) is 5.56 Å². The Morgan fingerprint density at radius 2 is 1.90 bits per heavy atom. The maximum Gasteiger partial charge on any atom is 0.217 e. The van der Waals surface area contributed by atoms with Crippen molar-refractivity contribution in [2.24, 2.45) is 0 Å². The van der Waals surface area contributed by atoms with Crippen LogP contribution >= 0.6 is 12.2 Å². The zero-order valence-electron chi connectivity index (χ0n) is 12.2. The van der Waals surface area contributed by atoms with E-state index in [2.05, 4.69) is 15.0 Å². The fraction of sp³-hybridized carbons (Fsp3) is 0.467. The Kier molecular flexibility index (Phi) is 4.36. The maximum absolute atomic E-state index is 5.36. The van der Waals surface area contributed by atoms with E-state index in [9.17, 15) is 0 Å². The first-order valence-corrected chi connectivity index (χ1v) is 7.71. The molecule has 0 amide bonds. The molecule has 1 aromatic heterocycles. The van der Waals surface area contributed by atoms with Crippen molar-refractivity contribution in [1.29, 1.82) is 0 Å². The van der Waals surface area contributed by atoms with Gasteiger partial charge in [-0.2, -0.15) is 4.98 Å². The number of H-pyrrole nitrogens is 1. The van der Waals surface area contributed by atoms with Crippen LogP contribution in [-0.2, 0) is 6.67 Å². The summed E-state index contributed by atoms with van der Waals surface area (Å²) in [5, 5.41) is 3.30. The minimum absolute atomic E-state index is 0.603. The highest BCUT2D eigenvalue weighted by Crippen LogP contribution is 2.19. The van der Waals surface area contributed by atoms with E-state index in [0.717, 1.165) is 36.9 Å². The van der Waals surface area contributed by atoms with E-state index in [1.807, 2.05) is 28.9 Å². The van der Waals surface area contributed by atoms with Crippen LogP contribution in [0.15, 0.2) is 24.3 Å². The van der Waals surface area contributed by atoms with Crippen molar-refractivity contribution in [3.8, 4) is 17.1 Å². The molecule has 0 aliphatic carbocycles. The smallest absolute Gasteiger partial charge is 0.217 e. The van der Waals surface area contributed by atoms with Crippen molar-refractivity contribution in [2.75, 3.05) is 20.2 Å². The summed E-state index contributed by atoms with van der Waals surface area (Å²) in [6.45, 7) is 3.07. The number of rotatable bonds is 4. The third-order valence-corrected chi connectivity index (χ3v) is 4.14. The number of nitrogens with zero attached hydrogens (tertiary/aromatic N) is 3. The van der Waals surface area contributed by atoms with Crippen LogP contribution in [0.1, 0.15) is 19.3 Å². The molecule has 2 aromatic rings. The number of ether oxygens (including phenoxy) is 1. The van der Waals surface area contributed by atoms with Crippen molar-refractivity contribution in [2.45, 2.75) is 25.9 Å². The second-order valence-electron chi connectivity index (χ2n) is 5.33. The van der Waals surface area contributed by atoms with E-state index in [0.29, 0.717) is 4.77 Å². The standard InChI is InChI=1S/C15H20N4OS/c1-20-13-7-5-12(6-8-13)14-16-15(21)19(17-14)11-18-9-3-2-4-10-18/h5-8H,2-4,9-11H2,1H3,(H,16,17,21). The summed E-state index contributed by atoms with van der Waals surface area (Å²) in [5.41, 5.74) is 1.01. The topological polar surface area (TPSA) is 46.1 Å². The van der Waals surface area contributed by atoms with Gasteiger partial charge in [0.2, 0.25) is 4.77 Å². The Labute approximate surface area is 129 Å². The van der Waals surface area contributed by atoms with E-state index < -0.39 is 0 Å². The number of hydrogen-bond acceptors (Lipinski definition) is 4. The average molecular weight is 304 g/mol. The fourth-order valence-corrected chi connectivity index (χ4v) is 2.83. The highest BCUT2D eigenvalue weighted by molar-refractivity contribution is 7.71. The van der Waals surface area contributed by atoms with E-state index in [-0.39, 0.29) is 0 Å². The summed E-state index contributed by atoms with van der Waals surface area (Å²) in [5.74, 6) is 1.64. The van der Waals surface area contributed by atoms with E-state index in [1.165, 1.54) is 19.3 Å². The fourth-order valence-electron chi connectivity index (χ4n) is 2.63. The Balaban J connectivity index is 1.78. The molecule has 1 saturated heterocycles. The van der Waals surface area contributed by atoms with Gasteiger partial charge in [0.1, 0.15) is 5.75 Å². The van der Waals surface area contributed by atoms with Crippen LogP contribution in [0.5, 0.6) is 5.75 Å². The van der Waals surface area contributed by atoms with Crippen LogP contribution in [-0.4, -0.2) is 39.9 Å². The van der Waals surface area contributed by atoms with Crippen molar-refractivity contribution >= 4 is 12.2 Å². The van der Waals surface area contributed by atoms with Crippen LogP contribution in [0, 0.1) is 4.77 Å². The molecule has 21 heavy (non-hydrogen) atoms. The first-order chi connectivity index (χ1) is 10.3. The third-order valence-electron chi connectivity index (χ3n) is 3.83. The highest BCUT2D eigenvalue weighted by atomic mass is 32.1. The molecule has 2 heterocycles. The van der Waals surface area contributed by atoms with E-state index >= 15 is 0 Å². The second kappa shape index (κ2) is 6.41. The normalized spacial score (nSPS) is 16.0. The van der Waals surface area contributed by atoms with Crippen LogP contribution in [0.3, 0.4) is 0 Å². The van der Waals surface area contributed by atoms with Gasteiger partial charge in [-0.05, 0) is 62.4 Å². The summed E-state index contributed by atoms with van der Waals surface area (Å²) < 4.78 is 7.72. The Morgan fingerprint density at radius 3 is 2.57 bits per heavy atom. The quantitative estimate of drug-likeness (QED) is 0.882. The predicted octanol–water partition coefficient (Wildman–Crippen LogP) is 3.06. The first-order valence-electron chi connectivity index (χ1n) is 7.30. The molecule has 1 N–H and O–H groups in total. The van der Waals surface area contributed by atoms with Crippen molar-refractivity contribution < 1.29 is 4.74 Å². The van der Waals surface area contributed by atoms with Gasteiger partial charge in [-0.3, -0.25) is 10.00 Å². The molecule has 1 aliphatic heterocycles. The van der Waals surface area contributed by atoms with Gasteiger partial charge in [0.15, 0.2) is 5.82 Å². The summed E-state index contributed by atoms with van der Waals surface area (Å²) in [7, 11) is 1.66. The molecular formula is C15H20N4OS. The number of hydrogen-bond donors (Lipinski definition) is 1. The molecule has 0 saturated carbocycles. The van der Waals surface area contributed by atoms with E-state index in [4.69, 9.17) is 17.0 Å². The molecule has 1 aromatic carbocycles. The summed E-state index contributed by atoms with van der Waals surface area (Å²) in [6, 6.07) is 7.82. The maximum atomic E-state index is 5.36. The first kappa shape index (κ1) is 14.3. The number of aromatic amines is 1. The Hall–Kier alpha value is -1.66. The molecule has 3 rings (SSSR count). The summed E-state index contributed by atoms with van der Waals surface area (Å²) in [4.78, 5) is 6.87. The number of benzene rings is 1. The van der Waals surface area contributed by atoms with Gasteiger partial charge in [0.05, 0.1) is 13.8 Å². The molecule has 0 bridgehead atoms.